The summed E-state index contributed by atoms with van der Waals surface area (Å²) in [6, 6.07) is 14.8. The largest absolute Gasteiger partial charge is 0.497 e. The molecule has 1 atom stereocenters. The molecule has 0 spiro atoms. The van der Waals surface area contributed by atoms with E-state index in [9.17, 15) is 9.11 Å². The summed E-state index contributed by atoms with van der Waals surface area (Å²) >= 11 is 0. The van der Waals surface area contributed by atoms with Crippen LogP contribution in [-0.4, -0.2) is 16.2 Å². The maximum Gasteiger partial charge on any atom is 0.118 e. The van der Waals surface area contributed by atoms with Gasteiger partial charge in [0.05, 0.1) is 18.0 Å². The van der Waals surface area contributed by atoms with Crippen molar-refractivity contribution in [3.63, 3.8) is 0 Å². The molecular weight excluding hydrogens is 262 g/mol. The second-order valence-corrected chi connectivity index (χ2v) is 6.18. The van der Waals surface area contributed by atoms with Crippen LogP contribution in [0.1, 0.15) is 17.2 Å². The minimum Gasteiger partial charge on any atom is -0.497 e. The van der Waals surface area contributed by atoms with Gasteiger partial charge in [-0.3, -0.25) is 9.11 Å². The van der Waals surface area contributed by atoms with Gasteiger partial charge in [0.25, 0.3) is 0 Å². The van der Waals surface area contributed by atoms with Crippen molar-refractivity contribution in [2.75, 3.05) is 7.11 Å². The second kappa shape index (κ2) is 4.54. The predicted molar refractivity (Wildman–Crippen MR) is 75.5 cm³/mol. The van der Waals surface area contributed by atoms with E-state index in [2.05, 4.69) is 4.72 Å². The van der Waals surface area contributed by atoms with E-state index in [0.29, 0.717) is 4.90 Å². The van der Waals surface area contributed by atoms with Crippen LogP contribution in [0.25, 0.3) is 0 Å². The first-order valence-electron chi connectivity index (χ1n) is 5.90. The van der Waals surface area contributed by atoms with E-state index in [4.69, 9.17) is 4.74 Å². The molecule has 1 aliphatic heterocycles. The molecule has 0 saturated heterocycles. The van der Waals surface area contributed by atoms with E-state index >= 15 is 0 Å². The molecule has 0 fully saturated rings. The van der Waals surface area contributed by atoms with Crippen molar-refractivity contribution >= 4 is 10.8 Å². The van der Waals surface area contributed by atoms with E-state index in [1.54, 1.807) is 13.2 Å². The van der Waals surface area contributed by atoms with Gasteiger partial charge < -0.3 is 4.74 Å². The Morgan fingerprint density at radius 3 is 2.42 bits per heavy atom. The monoisotopic (exact) mass is 277 g/mol. The first kappa shape index (κ1) is 12.5. The molecule has 0 saturated carbocycles. The average Bonchev–Trinajstić information content (AvgIpc) is 2.72. The average molecular weight is 277 g/mol. The lowest BCUT2D eigenvalue weighted by Gasteiger charge is -2.28. The summed E-state index contributed by atoms with van der Waals surface area (Å²) in [4.78, 5) is 0.579. The van der Waals surface area contributed by atoms with Crippen LogP contribution in [0.5, 0.6) is 5.75 Å². The Labute approximate surface area is 113 Å². The van der Waals surface area contributed by atoms with Crippen LogP contribution >= 0.6 is 10.8 Å². The number of hydrogen-bond acceptors (Lipinski definition) is 4. The molecule has 0 radical (unpaired) electrons. The summed E-state index contributed by atoms with van der Waals surface area (Å²) < 4.78 is 28.2. The Morgan fingerprint density at radius 2 is 1.74 bits per heavy atom. The third-order valence-electron chi connectivity index (χ3n) is 3.27. The lowest BCUT2D eigenvalue weighted by molar-refractivity contribution is 0.414. The quantitative estimate of drug-likeness (QED) is 0.787. The molecule has 0 amide bonds. The SMILES string of the molecule is COc1ccc(C2NS(O)(O)c3ccccc32)cc1. The third-order valence-corrected chi connectivity index (χ3v) is 4.82. The summed E-state index contributed by atoms with van der Waals surface area (Å²) in [5.41, 5.74) is 1.89. The Balaban J connectivity index is 2.03. The van der Waals surface area contributed by atoms with Gasteiger partial charge in [0.2, 0.25) is 0 Å². The molecule has 2 aromatic carbocycles. The lowest BCUT2D eigenvalue weighted by Crippen LogP contribution is -2.17. The molecule has 4 nitrogen and oxygen atoms in total. The number of fused-ring (bicyclic) bond motifs is 1. The molecule has 2 aromatic rings. The molecule has 100 valence electrons. The second-order valence-electron chi connectivity index (χ2n) is 4.41. The number of nitrogens with one attached hydrogen (secondary N) is 1. The third kappa shape index (κ3) is 2.11. The molecule has 19 heavy (non-hydrogen) atoms. The molecule has 3 N–H and O–H groups in total. The van der Waals surface area contributed by atoms with Crippen LogP contribution in [0.3, 0.4) is 0 Å². The molecule has 5 heteroatoms. The van der Waals surface area contributed by atoms with Crippen LogP contribution < -0.4 is 9.46 Å². The Bertz CT molecular complexity index is 598. The fraction of sp³-hybridized carbons (Fsp3) is 0.143. The fourth-order valence-electron chi connectivity index (χ4n) is 2.31. The first-order valence-corrected chi connectivity index (χ1v) is 7.45. The van der Waals surface area contributed by atoms with Crippen molar-refractivity contribution < 1.29 is 13.8 Å². The van der Waals surface area contributed by atoms with E-state index in [1.807, 2.05) is 42.5 Å². The van der Waals surface area contributed by atoms with Gasteiger partial charge in [-0.05, 0) is 29.3 Å². The van der Waals surface area contributed by atoms with Crippen LogP contribution in [0.15, 0.2) is 53.4 Å². The van der Waals surface area contributed by atoms with Crippen molar-refractivity contribution in [3.05, 3.63) is 59.7 Å². The van der Waals surface area contributed by atoms with Crippen molar-refractivity contribution in [1.82, 2.24) is 4.72 Å². The van der Waals surface area contributed by atoms with E-state index in [-0.39, 0.29) is 6.04 Å². The van der Waals surface area contributed by atoms with Gasteiger partial charge >= 0.3 is 0 Å². The highest BCUT2D eigenvalue weighted by Gasteiger charge is 2.34. The van der Waals surface area contributed by atoms with Crippen LogP contribution in [-0.2, 0) is 0 Å². The maximum atomic E-state index is 10.1. The van der Waals surface area contributed by atoms with Gasteiger partial charge in [-0.15, -0.1) is 10.8 Å². The zero-order valence-corrected chi connectivity index (χ0v) is 11.2. The Hall–Kier alpha value is -1.53. The first-order chi connectivity index (χ1) is 9.12. The highest BCUT2D eigenvalue weighted by Crippen LogP contribution is 2.56. The molecule has 1 heterocycles. The highest BCUT2D eigenvalue weighted by molar-refractivity contribution is 8.23. The van der Waals surface area contributed by atoms with Crippen molar-refractivity contribution in [2.45, 2.75) is 10.9 Å². The Morgan fingerprint density at radius 1 is 1.05 bits per heavy atom. The molecule has 3 rings (SSSR count). The van der Waals surface area contributed by atoms with Crippen LogP contribution in [0, 0.1) is 0 Å². The van der Waals surface area contributed by atoms with Gasteiger partial charge in [-0.25, -0.2) is 4.72 Å². The molecule has 0 bridgehead atoms. The number of benzene rings is 2. The van der Waals surface area contributed by atoms with Crippen molar-refractivity contribution in [3.8, 4) is 5.75 Å². The number of methoxy groups -OCH3 is 1. The predicted octanol–water partition coefficient (Wildman–Crippen LogP) is 3.41. The minimum absolute atomic E-state index is 0.202. The summed E-state index contributed by atoms with van der Waals surface area (Å²) in [5.74, 6) is 0.779. The molecule has 0 aromatic heterocycles. The molecule has 1 unspecified atom stereocenters. The highest BCUT2D eigenvalue weighted by atomic mass is 32.3. The number of rotatable bonds is 2. The van der Waals surface area contributed by atoms with Gasteiger partial charge in [-0.2, -0.15) is 0 Å². The van der Waals surface area contributed by atoms with E-state index < -0.39 is 10.8 Å². The van der Waals surface area contributed by atoms with Gasteiger partial charge in [-0.1, -0.05) is 30.3 Å². The summed E-state index contributed by atoms with van der Waals surface area (Å²) in [6.45, 7) is 0. The standard InChI is InChI=1S/C14H15NO3S/c1-18-11-8-6-10(7-9-11)14-12-4-2-3-5-13(12)19(16,17)15-14/h2-9,14-17H,1H3. The minimum atomic E-state index is -2.90. The van der Waals surface area contributed by atoms with Crippen LogP contribution in [0.2, 0.25) is 0 Å². The zero-order chi connectivity index (χ0) is 13.5. The summed E-state index contributed by atoms with van der Waals surface area (Å²) in [7, 11) is -1.28. The van der Waals surface area contributed by atoms with E-state index in [0.717, 1.165) is 16.9 Å². The van der Waals surface area contributed by atoms with Crippen molar-refractivity contribution in [2.24, 2.45) is 0 Å². The summed E-state index contributed by atoms with van der Waals surface area (Å²) in [6.07, 6.45) is 0. The topological polar surface area (TPSA) is 61.7 Å². The lowest BCUT2D eigenvalue weighted by atomic mass is 10.00. The smallest absolute Gasteiger partial charge is 0.118 e. The zero-order valence-electron chi connectivity index (χ0n) is 10.4. The van der Waals surface area contributed by atoms with E-state index in [1.165, 1.54) is 0 Å². The molecular formula is C14H15NO3S. The number of hydrogen-bond donors (Lipinski definition) is 3. The Kier molecular flexibility index (Phi) is 2.99. The number of ether oxygens (including phenoxy) is 1. The molecule has 0 aliphatic carbocycles. The fourth-order valence-corrected chi connectivity index (χ4v) is 3.82. The summed E-state index contributed by atoms with van der Waals surface area (Å²) in [5, 5.41) is 0. The van der Waals surface area contributed by atoms with Crippen molar-refractivity contribution in [1.29, 1.82) is 0 Å². The maximum absolute atomic E-state index is 10.1. The van der Waals surface area contributed by atoms with Gasteiger partial charge in [0, 0.05) is 0 Å². The normalized spacial score (nSPS) is 21.7. The van der Waals surface area contributed by atoms with Crippen LogP contribution in [0.4, 0.5) is 0 Å². The van der Waals surface area contributed by atoms with Gasteiger partial charge in [0.1, 0.15) is 5.75 Å². The molecule has 1 aliphatic rings. The van der Waals surface area contributed by atoms with Gasteiger partial charge in [0.15, 0.2) is 0 Å².